The summed E-state index contributed by atoms with van der Waals surface area (Å²) in [6.45, 7) is 4.16. The van der Waals surface area contributed by atoms with Gasteiger partial charge in [-0.25, -0.2) is 0 Å². The van der Waals surface area contributed by atoms with E-state index in [-0.39, 0.29) is 11.9 Å². The van der Waals surface area contributed by atoms with Crippen molar-refractivity contribution in [1.82, 2.24) is 10.6 Å². The summed E-state index contributed by atoms with van der Waals surface area (Å²) in [5.41, 5.74) is 0. The van der Waals surface area contributed by atoms with E-state index in [2.05, 4.69) is 24.5 Å². The maximum absolute atomic E-state index is 11.1. The summed E-state index contributed by atoms with van der Waals surface area (Å²) < 4.78 is 0. The van der Waals surface area contributed by atoms with Crippen LogP contribution in [-0.4, -0.2) is 17.1 Å². The summed E-state index contributed by atoms with van der Waals surface area (Å²) in [4.78, 5) is 11.1. The van der Waals surface area contributed by atoms with E-state index < -0.39 is 0 Å². The molecule has 0 aromatic rings. The summed E-state index contributed by atoms with van der Waals surface area (Å²) in [5, 5.41) is 5.92. The van der Waals surface area contributed by atoms with Gasteiger partial charge in [-0.1, -0.05) is 13.8 Å². The zero-order chi connectivity index (χ0) is 8.43. The highest BCUT2D eigenvalue weighted by molar-refractivity contribution is 7.80. The number of hydrogen-bond donors (Lipinski definition) is 2. The molecule has 1 heterocycles. The second kappa shape index (κ2) is 3.17. The lowest BCUT2D eigenvalue weighted by molar-refractivity contribution is -0.120. The highest BCUT2D eigenvalue weighted by Crippen LogP contribution is 2.07. The topological polar surface area (TPSA) is 41.1 Å². The summed E-state index contributed by atoms with van der Waals surface area (Å²) in [6, 6.07) is -0.109. The van der Waals surface area contributed by atoms with Gasteiger partial charge in [0.1, 0.15) is 6.04 Å². The fraction of sp³-hybridized carbons (Fsp3) is 0.714. The van der Waals surface area contributed by atoms with Crippen LogP contribution in [0.15, 0.2) is 0 Å². The molecule has 1 aliphatic rings. The van der Waals surface area contributed by atoms with Gasteiger partial charge in [0.2, 0.25) is 5.91 Å². The van der Waals surface area contributed by atoms with E-state index in [1.807, 2.05) is 0 Å². The zero-order valence-corrected chi connectivity index (χ0v) is 7.49. The van der Waals surface area contributed by atoms with Gasteiger partial charge in [-0.2, -0.15) is 0 Å². The Balaban J connectivity index is 2.47. The van der Waals surface area contributed by atoms with Gasteiger partial charge in [-0.15, -0.1) is 0 Å². The number of nitrogens with one attached hydrogen (secondary N) is 2. The third-order valence-electron chi connectivity index (χ3n) is 1.57. The smallest absolute Gasteiger partial charge is 0.248 e. The number of carbonyl (C=O) groups is 1. The van der Waals surface area contributed by atoms with Crippen LogP contribution in [0.1, 0.15) is 20.3 Å². The van der Waals surface area contributed by atoms with Crippen LogP contribution in [0.25, 0.3) is 0 Å². The molecule has 0 aliphatic carbocycles. The average Bonchev–Trinajstić information content (AvgIpc) is 2.09. The lowest BCUT2D eigenvalue weighted by Crippen LogP contribution is -2.30. The predicted molar refractivity (Wildman–Crippen MR) is 47.1 cm³/mol. The molecule has 1 fully saturated rings. The second-order valence-corrected chi connectivity index (χ2v) is 3.55. The Morgan fingerprint density at radius 3 is 2.64 bits per heavy atom. The first-order chi connectivity index (χ1) is 5.09. The molecule has 1 atom stereocenters. The highest BCUT2D eigenvalue weighted by Gasteiger charge is 2.27. The van der Waals surface area contributed by atoms with Crippen LogP contribution in [0.4, 0.5) is 0 Å². The molecule has 0 radical (unpaired) electrons. The molecule has 62 valence electrons. The molecule has 1 amide bonds. The summed E-state index contributed by atoms with van der Waals surface area (Å²) in [7, 11) is 0. The summed E-state index contributed by atoms with van der Waals surface area (Å²) in [5.74, 6) is 0.517. The van der Waals surface area contributed by atoms with Crippen molar-refractivity contribution >= 4 is 23.2 Å². The quantitative estimate of drug-likeness (QED) is 0.593. The van der Waals surface area contributed by atoms with Gasteiger partial charge in [0.15, 0.2) is 5.11 Å². The first kappa shape index (κ1) is 8.46. The van der Waals surface area contributed by atoms with Crippen LogP contribution < -0.4 is 10.6 Å². The molecule has 0 spiro atoms. The lowest BCUT2D eigenvalue weighted by Gasteiger charge is -2.09. The van der Waals surface area contributed by atoms with Crippen LogP contribution in [-0.2, 0) is 4.79 Å². The van der Waals surface area contributed by atoms with E-state index in [0.717, 1.165) is 6.42 Å². The van der Waals surface area contributed by atoms with E-state index in [0.29, 0.717) is 11.0 Å². The number of rotatable bonds is 2. The van der Waals surface area contributed by atoms with Gasteiger partial charge in [-0.05, 0) is 24.6 Å². The fourth-order valence-corrected chi connectivity index (χ4v) is 1.34. The Hall–Kier alpha value is -0.640. The SMILES string of the molecule is CC(C)CC1NC(=S)NC1=O. The molecule has 0 aromatic heterocycles. The molecule has 1 aliphatic heterocycles. The van der Waals surface area contributed by atoms with Gasteiger partial charge >= 0.3 is 0 Å². The minimum absolute atomic E-state index is 0.00343. The number of thiocarbonyl (C=S) groups is 1. The number of carbonyl (C=O) groups excluding carboxylic acids is 1. The predicted octanol–water partition coefficient (Wildman–Crippen LogP) is 0.405. The van der Waals surface area contributed by atoms with Gasteiger partial charge in [-0.3, -0.25) is 4.79 Å². The molecule has 0 saturated carbocycles. The van der Waals surface area contributed by atoms with Crippen molar-refractivity contribution in [2.75, 3.05) is 0 Å². The molecule has 1 unspecified atom stereocenters. The molecule has 2 N–H and O–H groups in total. The average molecular weight is 172 g/mol. The Morgan fingerprint density at radius 1 is 1.64 bits per heavy atom. The van der Waals surface area contributed by atoms with Gasteiger partial charge in [0.25, 0.3) is 0 Å². The minimum Gasteiger partial charge on any atom is -0.351 e. The summed E-state index contributed by atoms with van der Waals surface area (Å²) >= 11 is 4.78. The van der Waals surface area contributed by atoms with Crippen molar-refractivity contribution in [2.24, 2.45) is 5.92 Å². The van der Waals surface area contributed by atoms with Crippen LogP contribution in [0.5, 0.6) is 0 Å². The number of hydrogen-bond acceptors (Lipinski definition) is 2. The maximum Gasteiger partial charge on any atom is 0.248 e. The Bertz CT molecular complexity index is 191. The van der Waals surface area contributed by atoms with Crippen molar-refractivity contribution in [3.8, 4) is 0 Å². The highest BCUT2D eigenvalue weighted by atomic mass is 32.1. The van der Waals surface area contributed by atoms with Gasteiger partial charge < -0.3 is 10.6 Å². The number of amides is 1. The van der Waals surface area contributed by atoms with Crippen molar-refractivity contribution < 1.29 is 4.79 Å². The van der Waals surface area contributed by atoms with Crippen LogP contribution in [0.2, 0.25) is 0 Å². The van der Waals surface area contributed by atoms with Crippen LogP contribution in [0.3, 0.4) is 0 Å². The molecule has 0 aromatic carbocycles. The standard InChI is InChI=1S/C7H12N2OS/c1-4(2)3-5-6(10)9-7(11)8-5/h4-5H,3H2,1-2H3,(H2,8,9,10,11). The molecular formula is C7H12N2OS. The maximum atomic E-state index is 11.1. The van der Waals surface area contributed by atoms with Crippen molar-refractivity contribution in [3.05, 3.63) is 0 Å². The van der Waals surface area contributed by atoms with E-state index in [1.165, 1.54) is 0 Å². The third kappa shape index (κ3) is 2.15. The van der Waals surface area contributed by atoms with Gasteiger partial charge in [0, 0.05) is 0 Å². The second-order valence-electron chi connectivity index (χ2n) is 3.14. The van der Waals surface area contributed by atoms with E-state index in [4.69, 9.17) is 12.2 Å². The molecule has 1 saturated heterocycles. The Morgan fingerprint density at radius 2 is 2.27 bits per heavy atom. The molecule has 1 rings (SSSR count). The first-order valence-corrected chi connectivity index (χ1v) is 4.12. The largest absolute Gasteiger partial charge is 0.351 e. The van der Waals surface area contributed by atoms with Crippen LogP contribution in [0, 0.1) is 5.92 Å². The Kier molecular flexibility index (Phi) is 2.44. The minimum atomic E-state index is -0.109. The van der Waals surface area contributed by atoms with E-state index >= 15 is 0 Å². The molecule has 4 heteroatoms. The Labute approximate surface area is 71.5 Å². The van der Waals surface area contributed by atoms with Crippen molar-refractivity contribution in [2.45, 2.75) is 26.3 Å². The first-order valence-electron chi connectivity index (χ1n) is 3.71. The molecular weight excluding hydrogens is 160 g/mol. The third-order valence-corrected chi connectivity index (χ3v) is 1.79. The fourth-order valence-electron chi connectivity index (χ4n) is 1.10. The lowest BCUT2D eigenvalue weighted by atomic mass is 10.0. The van der Waals surface area contributed by atoms with E-state index in [1.54, 1.807) is 0 Å². The monoisotopic (exact) mass is 172 g/mol. The summed E-state index contributed by atoms with van der Waals surface area (Å²) in [6.07, 6.45) is 0.839. The van der Waals surface area contributed by atoms with Crippen molar-refractivity contribution in [3.63, 3.8) is 0 Å². The molecule has 0 bridgehead atoms. The normalized spacial score (nSPS) is 23.7. The van der Waals surface area contributed by atoms with Crippen LogP contribution >= 0.6 is 12.2 Å². The molecule has 11 heavy (non-hydrogen) atoms. The van der Waals surface area contributed by atoms with Gasteiger partial charge in [0.05, 0.1) is 0 Å². The van der Waals surface area contributed by atoms with Crippen molar-refractivity contribution in [1.29, 1.82) is 0 Å². The zero-order valence-electron chi connectivity index (χ0n) is 6.68. The molecule has 3 nitrogen and oxygen atoms in total. The van der Waals surface area contributed by atoms with E-state index in [9.17, 15) is 4.79 Å².